The van der Waals surface area contributed by atoms with E-state index in [1.807, 2.05) is 6.08 Å². The van der Waals surface area contributed by atoms with E-state index in [1.165, 1.54) is 205 Å². The number of aliphatic hydroxyl groups is 5. The second kappa shape index (κ2) is 61.6. The maximum atomic E-state index is 13.5. The number of nitrogens with one attached hydrogen (secondary N) is 1. The van der Waals surface area contributed by atoms with Gasteiger partial charge in [-0.05, 0) is 70.6 Å². The normalized spacial score (nSPS) is 18.7. The summed E-state index contributed by atoms with van der Waals surface area (Å²) in [6.45, 7) is 5.80. The predicted molar refractivity (Wildman–Crippen MR) is 356 cm³/mol. The molecule has 6 N–H and O–H groups in total. The van der Waals surface area contributed by atoms with Gasteiger partial charge >= 0.3 is 5.97 Å². The van der Waals surface area contributed by atoms with E-state index in [4.69, 9.17) is 14.2 Å². The number of hydrogen-bond acceptors (Lipinski definition) is 10. The van der Waals surface area contributed by atoms with Gasteiger partial charge in [-0.1, -0.05) is 319 Å². The van der Waals surface area contributed by atoms with Crippen molar-refractivity contribution < 1.29 is 49.3 Å². The fraction of sp³-hybridized carbons (Fsp3) is 0.838. The lowest BCUT2D eigenvalue weighted by Gasteiger charge is -2.41. The van der Waals surface area contributed by atoms with Gasteiger partial charge in [-0.25, -0.2) is 0 Å². The van der Waals surface area contributed by atoms with Gasteiger partial charge in [-0.2, -0.15) is 0 Å². The van der Waals surface area contributed by atoms with Crippen LogP contribution in [0.4, 0.5) is 0 Å². The molecule has 0 radical (unpaired) electrons. The van der Waals surface area contributed by atoms with E-state index in [0.29, 0.717) is 19.3 Å². The van der Waals surface area contributed by atoms with Gasteiger partial charge in [0.1, 0.15) is 24.4 Å². The van der Waals surface area contributed by atoms with Crippen molar-refractivity contribution in [2.75, 3.05) is 13.2 Å². The Kier molecular flexibility index (Phi) is 58.2. The van der Waals surface area contributed by atoms with Crippen molar-refractivity contribution in [3.63, 3.8) is 0 Å². The van der Waals surface area contributed by atoms with Crippen molar-refractivity contribution in [2.45, 2.75) is 384 Å². The summed E-state index contributed by atoms with van der Waals surface area (Å²) in [4.78, 5) is 26.7. The van der Waals surface area contributed by atoms with E-state index in [0.717, 1.165) is 83.5 Å². The molecule has 85 heavy (non-hydrogen) atoms. The highest BCUT2D eigenvalue weighted by Gasteiger charge is 2.47. The average molecular weight is 1200 g/mol. The number of hydrogen-bond donors (Lipinski definition) is 6. The Hall–Kier alpha value is -2.64. The van der Waals surface area contributed by atoms with Crippen LogP contribution in [0.1, 0.15) is 335 Å². The van der Waals surface area contributed by atoms with Gasteiger partial charge in [0.15, 0.2) is 12.4 Å². The van der Waals surface area contributed by atoms with Gasteiger partial charge < -0.3 is 45.1 Å². The van der Waals surface area contributed by atoms with Crippen LogP contribution in [0.5, 0.6) is 0 Å². The van der Waals surface area contributed by atoms with Crippen LogP contribution in [0.3, 0.4) is 0 Å². The molecule has 0 saturated carbocycles. The number of ether oxygens (including phenoxy) is 3. The molecule has 11 nitrogen and oxygen atoms in total. The molecule has 8 unspecified atom stereocenters. The summed E-state index contributed by atoms with van der Waals surface area (Å²) in [5.41, 5.74) is 0. The Bertz CT molecular complexity index is 1620. The summed E-state index contributed by atoms with van der Waals surface area (Å²) < 4.78 is 17.7. The zero-order valence-corrected chi connectivity index (χ0v) is 55.2. The first-order valence-corrected chi connectivity index (χ1v) is 36.1. The number of aliphatic hydroxyl groups excluding tert-OH is 5. The Labute approximate surface area is 522 Å². The molecular weight excluding hydrogens is 1060 g/mol. The summed E-state index contributed by atoms with van der Waals surface area (Å²) in [7, 11) is 0. The fourth-order valence-corrected chi connectivity index (χ4v) is 11.2. The predicted octanol–water partition coefficient (Wildman–Crippen LogP) is 18.5. The lowest BCUT2D eigenvalue weighted by atomic mass is 9.99. The van der Waals surface area contributed by atoms with Crippen LogP contribution in [-0.2, 0) is 23.8 Å². The van der Waals surface area contributed by atoms with Gasteiger partial charge in [0.2, 0.25) is 5.91 Å². The molecule has 0 spiro atoms. The van der Waals surface area contributed by atoms with E-state index >= 15 is 0 Å². The van der Waals surface area contributed by atoms with Crippen molar-refractivity contribution in [2.24, 2.45) is 0 Å². The van der Waals surface area contributed by atoms with Crippen molar-refractivity contribution in [3.8, 4) is 0 Å². The van der Waals surface area contributed by atoms with Crippen LogP contribution in [-0.4, -0.2) is 99.6 Å². The van der Waals surface area contributed by atoms with Gasteiger partial charge in [-0.3, -0.25) is 9.59 Å². The maximum absolute atomic E-state index is 13.5. The van der Waals surface area contributed by atoms with Crippen LogP contribution >= 0.6 is 0 Å². The van der Waals surface area contributed by atoms with E-state index in [2.05, 4.69) is 74.7 Å². The fourth-order valence-electron chi connectivity index (χ4n) is 11.2. The van der Waals surface area contributed by atoms with E-state index < -0.39 is 67.4 Å². The first kappa shape index (κ1) is 80.4. The summed E-state index contributed by atoms with van der Waals surface area (Å²) in [5, 5.41) is 57.2. The van der Waals surface area contributed by atoms with Crippen molar-refractivity contribution in [3.05, 3.63) is 60.8 Å². The number of allylic oxidation sites excluding steroid dienone is 9. The molecule has 1 amide bonds. The molecule has 0 aliphatic carbocycles. The number of carbonyl (C=O) groups is 2. The number of rotatable bonds is 62. The third-order valence-electron chi connectivity index (χ3n) is 16.9. The summed E-state index contributed by atoms with van der Waals surface area (Å²) in [5.74, 6) is -1.19. The van der Waals surface area contributed by atoms with Crippen LogP contribution < -0.4 is 5.32 Å². The van der Waals surface area contributed by atoms with E-state index in [1.54, 1.807) is 6.08 Å². The molecule has 496 valence electrons. The molecule has 1 aliphatic heterocycles. The number of carbonyl (C=O) groups excluding carboxylic acids is 2. The highest BCUT2D eigenvalue weighted by atomic mass is 16.7. The third-order valence-corrected chi connectivity index (χ3v) is 16.9. The Morgan fingerprint density at radius 3 is 1.24 bits per heavy atom. The molecule has 11 heteroatoms. The second-order valence-electron chi connectivity index (χ2n) is 25.0. The van der Waals surface area contributed by atoms with E-state index in [9.17, 15) is 35.1 Å². The van der Waals surface area contributed by atoms with Gasteiger partial charge in [-0.15, -0.1) is 0 Å². The lowest BCUT2D eigenvalue weighted by Crippen LogP contribution is -2.61. The standard InChI is InChI=1S/C74H135NO10/c1-4-7-10-13-16-19-22-24-26-28-30-31-32-33-34-35-36-37-38-40-42-44-47-50-53-56-59-62-69(79)85-72-71(81)70(80)68(63-76)84-74(72)83-64-65(66(77)60-57-54-51-48-45-21-18-15-12-9-6-3)75-73(82)67(78)61-58-55-52-49-46-43-41-39-29-27-25-23-20-17-14-11-8-5-2/h16,19,24,26,30-31,33-34,57,60,65-68,70-72,74,76-78,80-81H,4-15,17-18,20-23,25,27-29,32,35-56,58-59,61-64H2,1-3H3,(H,75,82)/b19-16-,26-24-,31-30-,34-33-,60-57+. The lowest BCUT2D eigenvalue weighted by molar-refractivity contribution is -0.305. The van der Waals surface area contributed by atoms with Gasteiger partial charge in [0, 0.05) is 6.42 Å². The molecule has 1 rings (SSSR count). The Morgan fingerprint density at radius 2 is 0.812 bits per heavy atom. The highest BCUT2D eigenvalue weighted by Crippen LogP contribution is 2.26. The molecule has 0 aromatic heterocycles. The van der Waals surface area contributed by atoms with Gasteiger partial charge in [0.25, 0.3) is 0 Å². The molecule has 1 fully saturated rings. The Balaban J connectivity index is 2.53. The molecule has 1 aliphatic rings. The number of unbranched alkanes of at least 4 members (excludes halogenated alkanes) is 40. The molecule has 1 saturated heterocycles. The number of esters is 1. The van der Waals surface area contributed by atoms with Gasteiger partial charge in [0.05, 0.1) is 25.4 Å². The largest absolute Gasteiger partial charge is 0.454 e. The Morgan fingerprint density at radius 1 is 0.459 bits per heavy atom. The van der Waals surface area contributed by atoms with Crippen LogP contribution in [0.25, 0.3) is 0 Å². The van der Waals surface area contributed by atoms with Crippen molar-refractivity contribution >= 4 is 11.9 Å². The van der Waals surface area contributed by atoms with E-state index in [-0.39, 0.29) is 13.0 Å². The molecule has 8 atom stereocenters. The maximum Gasteiger partial charge on any atom is 0.306 e. The van der Waals surface area contributed by atoms with Crippen molar-refractivity contribution in [1.82, 2.24) is 5.32 Å². The first-order valence-electron chi connectivity index (χ1n) is 36.1. The molecule has 0 aromatic carbocycles. The zero-order valence-electron chi connectivity index (χ0n) is 55.2. The molecule has 1 heterocycles. The van der Waals surface area contributed by atoms with Crippen LogP contribution in [0.2, 0.25) is 0 Å². The highest BCUT2D eigenvalue weighted by molar-refractivity contribution is 5.80. The second-order valence-corrected chi connectivity index (χ2v) is 25.0. The molecular formula is C74H135NO10. The minimum absolute atomic E-state index is 0.120. The monoisotopic (exact) mass is 1200 g/mol. The SMILES string of the molecule is CCCCC/C=C\C/C=C\C/C=C\C/C=C\CCCCCCCCCCCCCC(=O)OC1C(OCC(NC(=O)C(O)CCCCCCCCCCCCCCCCCCCC)C(O)/C=C/CCCCCCCCCCC)OC(CO)C(O)C1O. The smallest absolute Gasteiger partial charge is 0.306 e. The first-order chi connectivity index (χ1) is 41.7. The number of amides is 1. The molecule has 0 aromatic rings. The quantitative estimate of drug-likeness (QED) is 0.0195. The minimum atomic E-state index is -1.62. The van der Waals surface area contributed by atoms with Crippen molar-refractivity contribution in [1.29, 1.82) is 0 Å². The average Bonchev–Trinajstić information content (AvgIpc) is 2.92. The summed E-state index contributed by atoms with van der Waals surface area (Å²) >= 11 is 0. The zero-order chi connectivity index (χ0) is 61.7. The van der Waals surface area contributed by atoms with Crippen LogP contribution in [0.15, 0.2) is 60.8 Å². The minimum Gasteiger partial charge on any atom is -0.454 e. The third kappa shape index (κ3) is 48.9. The van der Waals surface area contributed by atoms with Crippen LogP contribution in [0, 0.1) is 0 Å². The molecule has 0 bridgehead atoms. The summed E-state index contributed by atoms with van der Waals surface area (Å²) in [6, 6.07) is -1.02. The summed E-state index contributed by atoms with van der Waals surface area (Å²) in [6.07, 6.45) is 68.3. The topological polar surface area (TPSA) is 175 Å².